The summed E-state index contributed by atoms with van der Waals surface area (Å²) in [6, 6.07) is 20.8. The van der Waals surface area contributed by atoms with Crippen molar-refractivity contribution in [3.63, 3.8) is 0 Å². The van der Waals surface area contributed by atoms with Crippen molar-refractivity contribution < 1.29 is 27.9 Å². The van der Waals surface area contributed by atoms with Crippen molar-refractivity contribution >= 4 is 27.5 Å². The molecule has 1 heterocycles. The number of nitrogens with zero attached hydrogens (tertiary/aromatic N) is 2. The minimum Gasteiger partial charge on any atom is -0.488 e. The first-order valence-electron chi connectivity index (χ1n) is 14.0. The number of anilines is 1. The van der Waals surface area contributed by atoms with Gasteiger partial charge in [0.15, 0.2) is 0 Å². The summed E-state index contributed by atoms with van der Waals surface area (Å²) in [6.45, 7) is 5.68. The van der Waals surface area contributed by atoms with E-state index in [4.69, 9.17) is 4.74 Å². The highest BCUT2D eigenvalue weighted by Gasteiger charge is 2.33. The van der Waals surface area contributed by atoms with E-state index in [2.05, 4.69) is 5.32 Å². The number of ether oxygens (including phenoxy) is 1. The fourth-order valence-corrected chi connectivity index (χ4v) is 6.14. The summed E-state index contributed by atoms with van der Waals surface area (Å²) in [5.41, 5.74) is 2.93. The van der Waals surface area contributed by atoms with Gasteiger partial charge >= 0.3 is 0 Å². The Morgan fingerprint density at radius 3 is 2.48 bits per heavy atom. The minimum atomic E-state index is -3.79. The zero-order valence-corrected chi connectivity index (χ0v) is 25.3. The Bertz CT molecular complexity index is 1490. The quantitative estimate of drug-likeness (QED) is 0.391. The molecule has 2 amide bonds. The van der Waals surface area contributed by atoms with Gasteiger partial charge in [-0.1, -0.05) is 55.0 Å². The third kappa shape index (κ3) is 7.56. The summed E-state index contributed by atoms with van der Waals surface area (Å²) in [5.74, 6) is -0.209. The Hall–Kier alpha value is -3.73. The van der Waals surface area contributed by atoms with Gasteiger partial charge in [-0.05, 0) is 49.7 Å². The van der Waals surface area contributed by atoms with Crippen molar-refractivity contribution in [1.29, 1.82) is 0 Å². The molecule has 0 aliphatic carbocycles. The number of hydrogen-bond donors (Lipinski definition) is 2. The summed E-state index contributed by atoms with van der Waals surface area (Å²) >= 11 is 0. The van der Waals surface area contributed by atoms with E-state index in [1.165, 1.54) is 11.4 Å². The van der Waals surface area contributed by atoms with Crippen LogP contribution in [0.15, 0.2) is 77.7 Å². The van der Waals surface area contributed by atoms with Gasteiger partial charge in [0.1, 0.15) is 11.9 Å². The molecule has 0 saturated heterocycles. The molecule has 2 N–H and O–H groups in total. The molecule has 10 heteroatoms. The lowest BCUT2D eigenvalue weighted by Gasteiger charge is -2.33. The first kappa shape index (κ1) is 31.2. The van der Waals surface area contributed by atoms with Crippen molar-refractivity contribution in [3.8, 4) is 5.75 Å². The summed E-state index contributed by atoms with van der Waals surface area (Å²) in [6.07, 6.45) is -0.401. The lowest BCUT2D eigenvalue weighted by Crippen LogP contribution is -2.48. The summed E-state index contributed by atoms with van der Waals surface area (Å²) < 4.78 is 34.5. The zero-order valence-electron chi connectivity index (χ0n) is 24.5. The number of aliphatic hydroxyl groups excluding tert-OH is 1. The third-order valence-corrected chi connectivity index (χ3v) is 9.41. The molecular formula is C32H39N3O6S. The number of carbonyl (C=O) groups excluding carboxylic acids is 2. The fourth-order valence-electron chi connectivity index (χ4n) is 4.95. The molecular weight excluding hydrogens is 554 g/mol. The molecule has 0 aromatic heterocycles. The number of aryl methyl sites for hydroxylation is 1. The minimum absolute atomic E-state index is 0.000979. The zero-order chi connectivity index (χ0) is 30.4. The topological polar surface area (TPSA) is 116 Å². The van der Waals surface area contributed by atoms with E-state index in [1.807, 2.05) is 44.2 Å². The molecule has 1 aliphatic rings. The van der Waals surface area contributed by atoms with Crippen LogP contribution < -0.4 is 10.1 Å². The van der Waals surface area contributed by atoms with E-state index in [0.717, 1.165) is 11.1 Å². The van der Waals surface area contributed by atoms with Crippen LogP contribution in [0.5, 0.6) is 5.75 Å². The second kappa shape index (κ2) is 13.5. The Labute approximate surface area is 248 Å². The molecule has 0 fully saturated rings. The molecule has 0 spiro atoms. The Balaban J connectivity index is 1.62. The van der Waals surface area contributed by atoms with E-state index in [0.29, 0.717) is 17.0 Å². The van der Waals surface area contributed by atoms with E-state index >= 15 is 0 Å². The van der Waals surface area contributed by atoms with Gasteiger partial charge in [-0.2, -0.15) is 4.31 Å². The number of aliphatic hydroxyl groups is 1. The van der Waals surface area contributed by atoms with Gasteiger partial charge in [-0.25, -0.2) is 8.42 Å². The second-order valence-corrected chi connectivity index (χ2v) is 13.1. The third-order valence-electron chi connectivity index (χ3n) is 7.57. The number of likely N-dealkylation sites (N-methyl/N-ethyl adjacent to an activating group) is 1. The van der Waals surface area contributed by atoms with E-state index in [-0.39, 0.29) is 55.2 Å². The number of nitrogens with one attached hydrogen (secondary N) is 1. The van der Waals surface area contributed by atoms with Crippen molar-refractivity contribution in [2.45, 2.75) is 50.7 Å². The molecule has 9 nitrogen and oxygen atoms in total. The number of hydrogen-bond acceptors (Lipinski definition) is 6. The number of rotatable bonds is 9. The van der Waals surface area contributed by atoms with Crippen LogP contribution in [-0.2, 0) is 32.5 Å². The van der Waals surface area contributed by atoms with Crippen LogP contribution in [0.3, 0.4) is 0 Å². The first-order valence-corrected chi connectivity index (χ1v) is 15.5. The average Bonchev–Trinajstić information content (AvgIpc) is 3.00. The van der Waals surface area contributed by atoms with E-state index in [1.54, 1.807) is 54.3 Å². The van der Waals surface area contributed by atoms with Crippen LogP contribution in [0.2, 0.25) is 0 Å². The van der Waals surface area contributed by atoms with E-state index in [9.17, 15) is 23.1 Å². The standard InChI is InChI=1S/C32H39N3O6S/c1-22-10-13-28(14-11-22)42(39,40)34(4)20-30-23(2)19-35(24(3)21-36)32(38)18-26-17-27(12-15-29(26)41-30)33-31(37)16-25-8-6-5-7-9-25/h5-15,17,23-24,30,36H,16,18-21H2,1-4H3,(H,33,37)/t23-,24+,30-/m1/s1. The molecule has 3 aromatic rings. The highest BCUT2D eigenvalue weighted by molar-refractivity contribution is 7.89. The number of benzene rings is 3. The average molecular weight is 594 g/mol. The number of amides is 2. The summed E-state index contributed by atoms with van der Waals surface area (Å²) in [7, 11) is -2.27. The maximum Gasteiger partial charge on any atom is 0.242 e. The molecule has 0 radical (unpaired) electrons. The predicted molar refractivity (Wildman–Crippen MR) is 162 cm³/mol. The van der Waals surface area contributed by atoms with Crippen molar-refractivity contribution in [1.82, 2.24) is 9.21 Å². The maximum absolute atomic E-state index is 13.5. The van der Waals surface area contributed by atoms with Gasteiger partial charge in [0.25, 0.3) is 0 Å². The monoisotopic (exact) mass is 593 g/mol. The largest absolute Gasteiger partial charge is 0.488 e. The molecule has 42 heavy (non-hydrogen) atoms. The molecule has 0 saturated carbocycles. The molecule has 1 aliphatic heterocycles. The summed E-state index contributed by atoms with van der Waals surface area (Å²) in [5, 5.41) is 12.8. The molecule has 0 bridgehead atoms. The normalized spacial score (nSPS) is 18.3. The molecule has 3 atom stereocenters. The van der Waals surface area contributed by atoms with Crippen LogP contribution in [0.25, 0.3) is 0 Å². The van der Waals surface area contributed by atoms with Gasteiger partial charge in [0.05, 0.1) is 36.9 Å². The highest BCUT2D eigenvalue weighted by Crippen LogP contribution is 2.30. The van der Waals surface area contributed by atoms with Crippen molar-refractivity contribution in [2.24, 2.45) is 5.92 Å². The van der Waals surface area contributed by atoms with E-state index < -0.39 is 22.2 Å². The van der Waals surface area contributed by atoms with Crippen molar-refractivity contribution in [3.05, 3.63) is 89.5 Å². The summed E-state index contributed by atoms with van der Waals surface area (Å²) in [4.78, 5) is 28.0. The number of carbonyl (C=O) groups is 2. The molecule has 4 rings (SSSR count). The van der Waals surface area contributed by atoms with Crippen LogP contribution in [0.4, 0.5) is 5.69 Å². The fraction of sp³-hybridized carbons (Fsp3) is 0.375. The van der Waals surface area contributed by atoms with Gasteiger partial charge < -0.3 is 20.1 Å². The smallest absolute Gasteiger partial charge is 0.242 e. The highest BCUT2D eigenvalue weighted by atomic mass is 32.2. The van der Waals surface area contributed by atoms with Gasteiger partial charge in [0.2, 0.25) is 21.8 Å². The number of fused-ring (bicyclic) bond motifs is 1. The molecule has 224 valence electrons. The Morgan fingerprint density at radius 2 is 1.81 bits per heavy atom. The van der Waals surface area contributed by atoms with Crippen LogP contribution in [0, 0.1) is 12.8 Å². The lowest BCUT2D eigenvalue weighted by atomic mass is 10.0. The Kier molecular flexibility index (Phi) is 10.0. The second-order valence-electron chi connectivity index (χ2n) is 11.0. The maximum atomic E-state index is 13.5. The number of sulfonamides is 1. The Morgan fingerprint density at radius 1 is 1.12 bits per heavy atom. The molecule has 0 unspecified atom stereocenters. The molecule has 3 aromatic carbocycles. The van der Waals surface area contributed by atoms with Crippen LogP contribution >= 0.6 is 0 Å². The van der Waals surface area contributed by atoms with Gasteiger partial charge in [-0.15, -0.1) is 0 Å². The van der Waals surface area contributed by atoms with Gasteiger partial charge in [-0.3, -0.25) is 9.59 Å². The SMILES string of the molecule is Cc1ccc(S(=O)(=O)N(C)C[C@H]2Oc3ccc(NC(=O)Cc4ccccc4)cc3CC(=O)N([C@@H](C)CO)C[C@H]2C)cc1. The predicted octanol–water partition coefficient (Wildman–Crippen LogP) is 3.65. The van der Waals surface area contributed by atoms with Gasteiger partial charge in [0, 0.05) is 30.8 Å². The van der Waals surface area contributed by atoms with Crippen LogP contribution in [0.1, 0.15) is 30.5 Å². The first-order chi connectivity index (χ1) is 20.0. The van der Waals surface area contributed by atoms with Crippen molar-refractivity contribution in [2.75, 3.05) is 32.1 Å². The lowest BCUT2D eigenvalue weighted by molar-refractivity contribution is -0.134. The van der Waals surface area contributed by atoms with Crippen LogP contribution in [-0.4, -0.2) is 73.4 Å².